The Labute approximate surface area is 261 Å². The third-order valence-electron chi connectivity index (χ3n) is 7.93. The Bertz CT molecular complexity index is 1490. The molecule has 3 aromatic rings. The Morgan fingerprint density at radius 3 is 2.16 bits per heavy atom. The molecular formula is C33H37N5O5S. The largest absolute Gasteiger partial charge is 0.394 e. The number of imide groups is 2. The lowest BCUT2D eigenvalue weighted by atomic mass is 9.75. The lowest BCUT2D eigenvalue weighted by Crippen LogP contribution is -2.64. The number of rotatable bonds is 7. The van der Waals surface area contributed by atoms with E-state index in [-0.39, 0.29) is 6.61 Å². The maximum atomic E-state index is 12.0. The highest BCUT2D eigenvalue weighted by Crippen LogP contribution is 2.40. The zero-order chi connectivity index (χ0) is 30.9. The molecule has 0 saturated carbocycles. The van der Waals surface area contributed by atoms with Gasteiger partial charge in [-0.1, -0.05) is 79.3 Å². The minimum Gasteiger partial charge on any atom is -0.394 e. The molecule has 2 saturated heterocycles. The van der Waals surface area contributed by atoms with E-state index in [1.54, 1.807) is 49.0 Å². The van der Waals surface area contributed by atoms with Gasteiger partial charge in [-0.2, -0.15) is 0 Å². The average molecular weight is 616 g/mol. The van der Waals surface area contributed by atoms with Crippen molar-refractivity contribution in [2.75, 3.05) is 52.5 Å². The first-order valence-electron chi connectivity index (χ1n) is 14.8. The van der Waals surface area contributed by atoms with Crippen molar-refractivity contribution in [3.8, 4) is 0 Å². The second kappa shape index (κ2) is 14.6. The molecule has 3 aromatic carbocycles. The number of carbonyl (C=O) groups is 3. The number of nitrogens with one attached hydrogen (secondary N) is 2. The second-order valence-electron chi connectivity index (χ2n) is 10.5. The molecule has 0 atom stereocenters. The molecule has 3 aliphatic heterocycles. The maximum absolute atomic E-state index is 12.0. The number of barbiturate groups is 1. The number of aliphatic imine (C=N–C) groups is 1. The fourth-order valence-electron chi connectivity index (χ4n) is 5.52. The van der Waals surface area contributed by atoms with Gasteiger partial charge in [-0.05, 0) is 30.2 Å². The summed E-state index contributed by atoms with van der Waals surface area (Å²) < 4.78 is 5.40. The summed E-state index contributed by atoms with van der Waals surface area (Å²) in [4.78, 5) is 47.4. The minimum atomic E-state index is -1.31. The normalized spacial score (nSPS) is 17.6. The van der Waals surface area contributed by atoms with Crippen LogP contribution >= 0.6 is 11.8 Å². The van der Waals surface area contributed by atoms with Crippen molar-refractivity contribution < 1.29 is 24.2 Å². The number of ether oxygens (including phenoxy) is 1. The number of benzene rings is 3. The summed E-state index contributed by atoms with van der Waals surface area (Å²) in [5.41, 5.74) is 1.55. The number of para-hydroxylation sites is 1. The molecule has 11 heteroatoms. The third-order valence-corrected chi connectivity index (χ3v) is 9.07. The Morgan fingerprint density at radius 1 is 0.841 bits per heavy atom. The van der Waals surface area contributed by atoms with Gasteiger partial charge in [-0.3, -0.25) is 25.1 Å². The molecule has 0 spiro atoms. The van der Waals surface area contributed by atoms with Crippen LogP contribution in [0.1, 0.15) is 24.5 Å². The zero-order valence-corrected chi connectivity index (χ0v) is 25.5. The van der Waals surface area contributed by atoms with Gasteiger partial charge in [0.15, 0.2) is 5.41 Å². The van der Waals surface area contributed by atoms with Gasteiger partial charge in [0.1, 0.15) is 5.84 Å². The van der Waals surface area contributed by atoms with E-state index in [9.17, 15) is 14.4 Å². The Kier molecular flexibility index (Phi) is 10.4. The number of amides is 4. The van der Waals surface area contributed by atoms with Gasteiger partial charge in [0.25, 0.3) is 0 Å². The summed E-state index contributed by atoms with van der Waals surface area (Å²) in [6, 6.07) is 24.9. The Balaban J connectivity index is 0.000000195. The first-order valence-corrected chi connectivity index (χ1v) is 15.6. The van der Waals surface area contributed by atoms with E-state index in [0.717, 1.165) is 44.2 Å². The predicted octanol–water partition coefficient (Wildman–Crippen LogP) is 3.56. The van der Waals surface area contributed by atoms with Gasteiger partial charge >= 0.3 is 6.03 Å². The highest BCUT2D eigenvalue weighted by molar-refractivity contribution is 7.99. The summed E-state index contributed by atoms with van der Waals surface area (Å²) in [6.07, 6.45) is 0.294. The molecule has 2 fully saturated rings. The fraction of sp³-hybridized carbons (Fsp3) is 0.333. The van der Waals surface area contributed by atoms with E-state index in [2.05, 4.69) is 69.0 Å². The summed E-state index contributed by atoms with van der Waals surface area (Å²) in [5, 5.41) is 13.1. The van der Waals surface area contributed by atoms with Gasteiger partial charge in [-0.25, -0.2) is 9.79 Å². The number of fused-ring (bicyclic) bond motifs is 2. The third kappa shape index (κ3) is 6.86. The molecule has 0 bridgehead atoms. The van der Waals surface area contributed by atoms with Crippen LogP contribution in [0.3, 0.4) is 0 Å². The number of aliphatic hydroxyl groups is 1. The molecule has 0 radical (unpaired) electrons. The van der Waals surface area contributed by atoms with Crippen LogP contribution in [-0.4, -0.2) is 91.1 Å². The van der Waals surface area contributed by atoms with Crippen LogP contribution in [0.5, 0.6) is 0 Å². The lowest BCUT2D eigenvalue weighted by Gasteiger charge is -2.36. The minimum absolute atomic E-state index is 0.0898. The smallest absolute Gasteiger partial charge is 0.328 e. The Morgan fingerprint density at radius 2 is 1.48 bits per heavy atom. The van der Waals surface area contributed by atoms with Crippen molar-refractivity contribution in [2.24, 2.45) is 4.99 Å². The maximum Gasteiger partial charge on any atom is 0.328 e. The van der Waals surface area contributed by atoms with Crippen LogP contribution in [0.15, 0.2) is 93.6 Å². The average Bonchev–Trinajstić information content (AvgIpc) is 3.21. The van der Waals surface area contributed by atoms with Gasteiger partial charge in [-0.15, -0.1) is 0 Å². The van der Waals surface area contributed by atoms with Gasteiger partial charge in [0.2, 0.25) is 11.8 Å². The van der Waals surface area contributed by atoms with E-state index in [1.165, 1.54) is 15.4 Å². The molecule has 3 aliphatic rings. The monoisotopic (exact) mass is 615 g/mol. The summed E-state index contributed by atoms with van der Waals surface area (Å²) >= 11 is 1.80. The lowest BCUT2D eigenvalue weighted by molar-refractivity contribution is -0.138. The summed E-state index contributed by atoms with van der Waals surface area (Å²) in [5.74, 6) is -0.0564. The highest BCUT2D eigenvalue weighted by Gasteiger charge is 2.50. The topological polar surface area (TPSA) is 124 Å². The van der Waals surface area contributed by atoms with Crippen molar-refractivity contribution in [1.29, 1.82) is 0 Å². The molecule has 3 heterocycles. The fourth-order valence-corrected chi connectivity index (χ4v) is 6.54. The molecular weight excluding hydrogens is 578 g/mol. The van der Waals surface area contributed by atoms with Gasteiger partial charge < -0.3 is 14.7 Å². The number of aliphatic hydroxyl groups excluding tert-OH is 1. The molecule has 6 rings (SSSR count). The molecule has 10 nitrogen and oxygen atoms in total. The van der Waals surface area contributed by atoms with Crippen LogP contribution in [0, 0.1) is 0 Å². The molecule has 0 unspecified atom stereocenters. The number of hydrogen-bond donors (Lipinski definition) is 3. The molecule has 4 amide bonds. The first kappa shape index (κ1) is 31.4. The van der Waals surface area contributed by atoms with Gasteiger partial charge in [0.05, 0.1) is 25.5 Å². The summed E-state index contributed by atoms with van der Waals surface area (Å²) in [6.45, 7) is 7.75. The van der Waals surface area contributed by atoms with Crippen molar-refractivity contribution in [1.82, 2.24) is 20.4 Å². The molecule has 230 valence electrons. The van der Waals surface area contributed by atoms with Crippen molar-refractivity contribution in [3.05, 3.63) is 90.0 Å². The van der Waals surface area contributed by atoms with E-state index in [1.807, 2.05) is 0 Å². The Hall–Kier alpha value is -4.03. The van der Waals surface area contributed by atoms with Crippen molar-refractivity contribution >= 4 is 41.1 Å². The van der Waals surface area contributed by atoms with E-state index in [0.29, 0.717) is 25.2 Å². The number of hydrogen-bond acceptors (Lipinski definition) is 9. The number of amidine groups is 1. The number of carbonyl (C=O) groups excluding carboxylic acids is 3. The molecule has 0 aliphatic carbocycles. The van der Waals surface area contributed by atoms with E-state index < -0.39 is 23.3 Å². The SMILES string of the molecule is CCC1(c2ccccc2)C(=O)NC(=O)NC1=O.OCCOCCN1CCN(C2=Nc3ccccc3Sc3ccccc32)CC1. The number of piperazine rings is 1. The zero-order valence-electron chi connectivity index (χ0n) is 24.7. The van der Waals surface area contributed by atoms with Crippen LogP contribution in [0.4, 0.5) is 10.5 Å². The summed E-state index contributed by atoms with van der Waals surface area (Å²) in [7, 11) is 0. The van der Waals surface area contributed by atoms with E-state index in [4.69, 9.17) is 14.8 Å². The van der Waals surface area contributed by atoms with Crippen molar-refractivity contribution in [2.45, 2.75) is 28.6 Å². The standard InChI is InChI=1S/C21H25N3O2S.C12H12N2O3/c25-14-16-26-15-13-23-9-11-24(12-10-23)21-17-5-1-3-7-19(17)27-20-8-4-2-6-18(20)22-21;1-2-12(8-6-4-3-5-7-8)9(15)13-11(17)14-10(12)16/h1-8,25H,9-16H2;3-7H,2H2,1H3,(H2,13,14,15,16,17). The molecule has 0 aromatic heterocycles. The van der Waals surface area contributed by atoms with Crippen LogP contribution in [-0.2, 0) is 19.7 Å². The van der Waals surface area contributed by atoms with Crippen molar-refractivity contribution in [3.63, 3.8) is 0 Å². The predicted molar refractivity (Wildman–Crippen MR) is 169 cm³/mol. The van der Waals surface area contributed by atoms with Crippen LogP contribution in [0.25, 0.3) is 0 Å². The number of urea groups is 1. The second-order valence-corrected chi connectivity index (χ2v) is 11.6. The molecule has 3 N–H and O–H groups in total. The highest BCUT2D eigenvalue weighted by atomic mass is 32.2. The van der Waals surface area contributed by atoms with E-state index >= 15 is 0 Å². The van der Waals surface area contributed by atoms with Gasteiger partial charge in [0, 0.05) is 48.1 Å². The van der Waals surface area contributed by atoms with Crippen LogP contribution in [0.2, 0.25) is 0 Å². The number of nitrogens with zero attached hydrogens (tertiary/aromatic N) is 3. The van der Waals surface area contributed by atoms with Crippen LogP contribution < -0.4 is 10.6 Å². The quantitative estimate of drug-likeness (QED) is 0.273. The first-order chi connectivity index (χ1) is 21.5. The molecule has 44 heavy (non-hydrogen) atoms.